The van der Waals surface area contributed by atoms with Crippen LogP contribution in [0.25, 0.3) is 0 Å². The van der Waals surface area contributed by atoms with E-state index < -0.39 is 10.0 Å². The molecule has 1 aromatic heterocycles. The molecule has 0 spiro atoms. The smallest absolute Gasteiger partial charge is 0.262 e. The molecule has 3 rings (SSSR count). The lowest BCUT2D eigenvalue weighted by Gasteiger charge is -2.30. The van der Waals surface area contributed by atoms with E-state index in [-0.39, 0.29) is 22.8 Å². The molecule has 0 atom stereocenters. The molecule has 9 nitrogen and oxygen atoms in total. The summed E-state index contributed by atoms with van der Waals surface area (Å²) in [5, 5.41) is 2.92. The highest BCUT2D eigenvalue weighted by atomic mass is 32.2. The predicted octanol–water partition coefficient (Wildman–Crippen LogP) is 1.04. The van der Waals surface area contributed by atoms with Gasteiger partial charge >= 0.3 is 0 Å². The largest absolute Gasteiger partial charge is 0.355 e. The van der Waals surface area contributed by atoms with Gasteiger partial charge in [-0.05, 0) is 32.6 Å². The van der Waals surface area contributed by atoms with Crippen LogP contribution in [-0.2, 0) is 26.7 Å². The van der Waals surface area contributed by atoms with Crippen LogP contribution in [0.3, 0.4) is 0 Å². The third kappa shape index (κ3) is 5.40. The van der Waals surface area contributed by atoms with E-state index in [2.05, 4.69) is 10.3 Å². The molecule has 2 amide bonds. The number of hydrogen-bond acceptors (Lipinski definition) is 5. The third-order valence-corrected chi connectivity index (χ3v) is 7.88. The minimum atomic E-state index is -3.64. The van der Waals surface area contributed by atoms with Crippen LogP contribution in [0.1, 0.15) is 50.8 Å². The molecule has 0 aromatic carbocycles. The monoisotopic (exact) mass is 439 g/mol. The highest BCUT2D eigenvalue weighted by Gasteiger charge is 2.33. The molecule has 0 bridgehead atoms. The Labute approximate surface area is 178 Å². The summed E-state index contributed by atoms with van der Waals surface area (Å²) in [4.78, 5) is 30.8. The zero-order valence-electron chi connectivity index (χ0n) is 18.0. The van der Waals surface area contributed by atoms with Crippen molar-refractivity contribution < 1.29 is 18.0 Å². The summed E-state index contributed by atoms with van der Waals surface area (Å²) in [6.07, 6.45) is 7.23. The number of sulfonamides is 1. The third-order valence-electron chi connectivity index (χ3n) is 6.11. The number of hydrogen-bond donors (Lipinski definition) is 1. The predicted molar refractivity (Wildman–Crippen MR) is 112 cm³/mol. The maximum absolute atomic E-state index is 12.8. The molecular formula is C20H33N5O4S. The molecular weight excluding hydrogens is 406 g/mol. The Bertz CT molecular complexity index is 831. The Morgan fingerprint density at radius 3 is 2.30 bits per heavy atom. The fraction of sp³-hybridized carbons (Fsp3) is 0.750. The Morgan fingerprint density at radius 2 is 1.73 bits per heavy atom. The van der Waals surface area contributed by atoms with Crippen molar-refractivity contribution in [3.8, 4) is 0 Å². The van der Waals surface area contributed by atoms with Gasteiger partial charge in [-0.15, -0.1) is 0 Å². The van der Waals surface area contributed by atoms with Crippen LogP contribution in [0.5, 0.6) is 0 Å². The summed E-state index contributed by atoms with van der Waals surface area (Å²) < 4.78 is 28.6. The molecule has 0 radical (unpaired) electrons. The van der Waals surface area contributed by atoms with Gasteiger partial charge in [-0.25, -0.2) is 13.4 Å². The molecule has 0 saturated carbocycles. The van der Waals surface area contributed by atoms with Gasteiger partial charge in [-0.1, -0.05) is 12.8 Å². The van der Waals surface area contributed by atoms with Gasteiger partial charge in [0.1, 0.15) is 5.82 Å². The van der Waals surface area contributed by atoms with Crippen LogP contribution >= 0.6 is 0 Å². The summed E-state index contributed by atoms with van der Waals surface area (Å²) in [6, 6.07) is 0. The number of imidazole rings is 1. The van der Waals surface area contributed by atoms with Gasteiger partial charge in [0.25, 0.3) is 10.0 Å². The second-order valence-corrected chi connectivity index (χ2v) is 10.1. The number of aryl methyl sites for hydroxylation is 2. The molecule has 3 heterocycles. The molecule has 10 heteroatoms. The first-order valence-electron chi connectivity index (χ1n) is 10.8. The molecule has 168 valence electrons. The molecule has 2 aliphatic rings. The van der Waals surface area contributed by atoms with E-state index in [1.54, 1.807) is 18.5 Å². The molecule has 2 saturated heterocycles. The number of nitrogens with one attached hydrogen (secondary N) is 1. The molecule has 0 unspecified atom stereocenters. The summed E-state index contributed by atoms with van der Waals surface area (Å²) in [5.41, 5.74) is 0. The van der Waals surface area contributed by atoms with E-state index in [4.69, 9.17) is 0 Å². The normalized spacial score (nSPS) is 19.5. The standard InChI is InChI=1S/C20H33N5O4S/c1-16-22-18(15-23(16)2)30(28,29)25-13-8-17(9-14-25)20(27)21-10-7-19(26)24-11-5-3-4-6-12-24/h15,17H,3-14H2,1-2H3,(H,21,27). The topological polar surface area (TPSA) is 105 Å². The number of carbonyl (C=O) groups excluding carboxylic acids is 2. The van der Waals surface area contributed by atoms with Crippen molar-refractivity contribution >= 4 is 21.8 Å². The summed E-state index contributed by atoms with van der Waals surface area (Å²) >= 11 is 0. The van der Waals surface area contributed by atoms with Crippen molar-refractivity contribution in [1.29, 1.82) is 0 Å². The number of amides is 2. The Morgan fingerprint density at radius 1 is 1.10 bits per heavy atom. The number of nitrogens with zero attached hydrogens (tertiary/aromatic N) is 4. The maximum atomic E-state index is 12.8. The number of likely N-dealkylation sites (tertiary alicyclic amines) is 1. The van der Waals surface area contributed by atoms with Gasteiger partial charge in [0, 0.05) is 58.3 Å². The first kappa shape index (κ1) is 22.7. The number of carbonyl (C=O) groups is 2. The van der Waals surface area contributed by atoms with E-state index in [1.165, 1.54) is 23.3 Å². The quantitative estimate of drug-likeness (QED) is 0.713. The molecule has 2 aliphatic heterocycles. The fourth-order valence-electron chi connectivity index (χ4n) is 4.06. The minimum Gasteiger partial charge on any atom is -0.355 e. The van der Waals surface area contributed by atoms with Crippen molar-refractivity contribution in [3.63, 3.8) is 0 Å². The Kier molecular flexibility index (Phi) is 7.51. The van der Waals surface area contributed by atoms with Crippen LogP contribution in [0.15, 0.2) is 11.2 Å². The van der Waals surface area contributed by atoms with Gasteiger partial charge in [-0.3, -0.25) is 9.59 Å². The number of aromatic nitrogens is 2. The number of rotatable bonds is 6. The summed E-state index contributed by atoms with van der Waals surface area (Å²) in [6.45, 7) is 4.31. The highest BCUT2D eigenvalue weighted by Crippen LogP contribution is 2.23. The fourth-order valence-corrected chi connectivity index (χ4v) is 5.55. The minimum absolute atomic E-state index is 0.0532. The average Bonchev–Trinajstić information content (AvgIpc) is 2.93. The van der Waals surface area contributed by atoms with Gasteiger partial charge in [0.15, 0.2) is 5.03 Å². The van der Waals surface area contributed by atoms with E-state index >= 15 is 0 Å². The van der Waals surface area contributed by atoms with Crippen molar-refractivity contribution in [2.45, 2.75) is 56.9 Å². The first-order chi connectivity index (χ1) is 14.3. The Balaban J connectivity index is 1.43. The van der Waals surface area contributed by atoms with Crippen molar-refractivity contribution in [2.75, 3.05) is 32.7 Å². The van der Waals surface area contributed by atoms with Crippen molar-refractivity contribution in [2.24, 2.45) is 13.0 Å². The van der Waals surface area contributed by atoms with Crippen LogP contribution in [0.4, 0.5) is 0 Å². The summed E-state index contributed by atoms with van der Waals surface area (Å²) in [5.74, 6) is 0.418. The second-order valence-electron chi connectivity index (χ2n) is 8.25. The van der Waals surface area contributed by atoms with Crippen LogP contribution < -0.4 is 5.32 Å². The zero-order chi connectivity index (χ0) is 21.7. The van der Waals surface area contributed by atoms with E-state index in [1.807, 2.05) is 4.90 Å². The van der Waals surface area contributed by atoms with Crippen LogP contribution in [0, 0.1) is 12.8 Å². The van der Waals surface area contributed by atoms with E-state index in [0.717, 1.165) is 25.9 Å². The Hall–Kier alpha value is -1.94. The van der Waals surface area contributed by atoms with Crippen molar-refractivity contribution in [1.82, 2.24) is 24.1 Å². The highest BCUT2D eigenvalue weighted by molar-refractivity contribution is 7.89. The zero-order valence-corrected chi connectivity index (χ0v) is 18.8. The van der Waals surface area contributed by atoms with Gasteiger partial charge in [-0.2, -0.15) is 4.31 Å². The summed E-state index contributed by atoms with van der Waals surface area (Å²) in [7, 11) is -1.88. The first-order valence-corrected chi connectivity index (χ1v) is 12.3. The molecule has 0 aliphatic carbocycles. The molecule has 1 N–H and O–H groups in total. The molecule has 30 heavy (non-hydrogen) atoms. The van der Waals surface area contributed by atoms with E-state index in [9.17, 15) is 18.0 Å². The average molecular weight is 440 g/mol. The molecule has 2 fully saturated rings. The lowest BCUT2D eigenvalue weighted by Crippen LogP contribution is -2.43. The lowest BCUT2D eigenvalue weighted by atomic mass is 9.97. The van der Waals surface area contributed by atoms with Crippen LogP contribution in [0.2, 0.25) is 0 Å². The van der Waals surface area contributed by atoms with Crippen LogP contribution in [-0.4, -0.2) is 71.7 Å². The maximum Gasteiger partial charge on any atom is 0.262 e. The van der Waals surface area contributed by atoms with Gasteiger partial charge in [0.05, 0.1) is 0 Å². The van der Waals surface area contributed by atoms with E-state index in [0.29, 0.717) is 44.7 Å². The molecule has 1 aromatic rings. The number of piperidine rings is 1. The lowest BCUT2D eigenvalue weighted by molar-refractivity contribution is -0.131. The van der Waals surface area contributed by atoms with Gasteiger partial charge in [0.2, 0.25) is 11.8 Å². The SMILES string of the molecule is Cc1nc(S(=O)(=O)N2CCC(C(=O)NCCC(=O)N3CCCCCC3)CC2)cn1C. The van der Waals surface area contributed by atoms with Crippen molar-refractivity contribution in [3.05, 3.63) is 12.0 Å². The van der Waals surface area contributed by atoms with Gasteiger partial charge < -0.3 is 14.8 Å². The second kappa shape index (κ2) is 9.91.